The summed E-state index contributed by atoms with van der Waals surface area (Å²) in [6.07, 6.45) is -4.18. The molecule has 4 nitrogen and oxygen atoms in total. The molecule has 0 saturated carbocycles. The first-order chi connectivity index (χ1) is 11.4. The fourth-order valence-corrected chi connectivity index (χ4v) is 2.32. The topological polar surface area (TPSA) is 55.7 Å². The van der Waals surface area contributed by atoms with Crippen molar-refractivity contribution in [1.82, 2.24) is 0 Å². The summed E-state index contributed by atoms with van der Waals surface area (Å²) in [5, 5.41) is 16.1. The number of nitrogens with zero attached hydrogens (tertiary/aromatic N) is 2. The van der Waals surface area contributed by atoms with Gasteiger partial charge in [0.1, 0.15) is 5.71 Å². The van der Waals surface area contributed by atoms with Gasteiger partial charge in [0.25, 0.3) is 5.91 Å². The van der Waals surface area contributed by atoms with Crippen LogP contribution < -0.4 is 39.7 Å². The zero-order chi connectivity index (χ0) is 17.3. The van der Waals surface area contributed by atoms with Gasteiger partial charge in [0.15, 0.2) is 0 Å². The van der Waals surface area contributed by atoms with Crippen LogP contribution in [0.2, 0.25) is 0 Å². The van der Waals surface area contributed by atoms with Crippen LogP contribution in [0.4, 0.5) is 18.9 Å². The van der Waals surface area contributed by atoms with Crippen molar-refractivity contribution >= 4 is 17.3 Å². The monoisotopic (exact) mass is 354 g/mol. The van der Waals surface area contributed by atoms with Crippen molar-refractivity contribution in [3.05, 3.63) is 77.6 Å². The third-order valence-corrected chi connectivity index (χ3v) is 3.46. The average molecular weight is 354 g/mol. The molecule has 0 radical (unpaired) electrons. The zero-order valence-electron chi connectivity index (χ0n) is 13.1. The van der Waals surface area contributed by atoms with Gasteiger partial charge in [-0.05, 0) is 18.2 Å². The Balaban J connectivity index is 0.00000225. The number of benzene rings is 2. The summed E-state index contributed by atoms with van der Waals surface area (Å²) >= 11 is 0. The maximum atomic E-state index is 12.8. The van der Waals surface area contributed by atoms with E-state index in [1.54, 1.807) is 30.3 Å². The number of hydrogen-bond donors (Lipinski definition) is 0. The van der Waals surface area contributed by atoms with E-state index in [0.29, 0.717) is 11.8 Å². The van der Waals surface area contributed by atoms with E-state index in [9.17, 15) is 23.1 Å². The van der Waals surface area contributed by atoms with Gasteiger partial charge in [-0.2, -0.15) is 23.3 Å². The van der Waals surface area contributed by atoms with Gasteiger partial charge in [-0.15, -0.1) is 6.26 Å². The quantitative estimate of drug-likeness (QED) is 0.423. The maximum absolute atomic E-state index is 12.8. The molecule has 1 heterocycles. The van der Waals surface area contributed by atoms with Gasteiger partial charge in [0, 0.05) is 5.56 Å². The summed E-state index contributed by atoms with van der Waals surface area (Å²) in [5.74, 6) is -0.761. The predicted molar refractivity (Wildman–Crippen MR) is 80.0 cm³/mol. The van der Waals surface area contributed by atoms with Gasteiger partial charge in [-0.25, -0.2) is 0 Å². The Bertz CT molecular complexity index is 848. The van der Waals surface area contributed by atoms with Crippen LogP contribution in [0, 0.1) is 0 Å². The molecule has 2 aromatic carbocycles. The Kier molecular flexibility index (Phi) is 5.72. The van der Waals surface area contributed by atoms with Crippen LogP contribution in [-0.2, 0) is 11.0 Å². The van der Waals surface area contributed by atoms with Crippen molar-refractivity contribution in [3.8, 4) is 0 Å². The number of amides is 1. The average Bonchev–Trinajstić information content (AvgIpc) is 2.91. The molecule has 0 fully saturated rings. The number of carbonyl (C=O) groups is 1. The van der Waals surface area contributed by atoms with E-state index >= 15 is 0 Å². The number of hydrogen-bond acceptors (Lipinski definition) is 3. The van der Waals surface area contributed by atoms with Crippen molar-refractivity contribution in [3.63, 3.8) is 0 Å². The second-order valence-electron chi connectivity index (χ2n) is 5.01. The minimum Gasteiger partial charge on any atom is -0.877 e. The standard InChI is InChI=1S/C17H11F3N2O2.Na/c18-17(19,20)12-7-4-8-13(9-12)22-16(24)14(10-23)15(21-22)11-5-2-1-3-6-11;/h1-10,23H;/q;+1/p-1/b14-10+;. The van der Waals surface area contributed by atoms with Crippen molar-refractivity contribution in [2.45, 2.75) is 6.18 Å². The molecule has 25 heavy (non-hydrogen) atoms. The molecule has 0 unspecified atom stereocenters. The van der Waals surface area contributed by atoms with Crippen LogP contribution in [-0.4, -0.2) is 11.6 Å². The summed E-state index contributed by atoms with van der Waals surface area (Å²) in [5.41, 5.74) is -0.488. The molecule has 1 amide bonds. The van der Waals surface area contributed by atoms with Gasteiger partial charge in [-0.3, -0.25) is 4.79 Å². The smallest absolute Gasteiger partial charge is 0.877 e. The minimum atomic E-state index is -4.54. The van der Waals surface area contributed by atoms with Crippen LogP contribution in [0.1, 0.15) is 11.1 Å². The number of rotatable bonds is 2. The van der Waals surface area contributed by atoms with Gasteiger partial charge in [0.2, 0.25) is 0 Å². The Hall–Kier alpha value is -2.09. The minimum absolute atomic E-state index is 0. The van der Waals surface area contributed by atoms with E-state index in [4.69, 9.17) is 0 Å². The van der Waals surface area contributed by atoms with Gasteiger partial charge in [0.05, 0.1) is 16.8 Å². The SMILES string of the molecule is O=C1/C(=C/[O-])C(c2ccccc2)=NN1c1cccc(C(F)(F)F)c1.[Na+]. The molecule has 0 N–H and O–H groups in total. The Morgan fingerprint density at radius 3 is 2.32 bits per heavy atom. The van der Waals surface area contributed by atoms with E-state index in [1.807, 2.05) is 0 Å². The molecule has 0 bridgehead atoms. The Morgan fingerprint density at radius 2 is 1.72 bits per heavy atom. The molecule has 3 rings (SSSR count). The van der Waals surface area contributed by atoms with Crippen molar-refractivity contribution < 1.29 is 52.6 Å². The number of anilines is 1. The van der Waals surface area contributed by atoms with E-state index < -0.39 is 17.6 Å². The third-order valence-electron chi connectivity index (χ3n) is 3.46. The van der Waals surface area contributed by atoms with E-state index in [-0.39, 0.29) is 46.5 Å². The van der Waals surface area contributed by atoms with Crippen LogP contribution in [0.25, 0.3) is 0 Å². The first kappa shape index (κ1) is 19.2. The largest absolute Gasteiger partial charge is 1.00 e. The molecule has 0 atom stereocenters. The summed E-state index contributed by atoms with van der Waals surface area (Å²) in [4.78, 5) is 12.3. The summed E-state index contributed by atoms with van der Waals surface area (Å²) < 4.78 is 38.5. The Morgan fingerprint density at radius 1 is 1.04 bits per heavy atom. The van der Waals surface area contributed by atoms with E-state index in [2.05, 4.69) is 5.10 Å². The predicted octanol–water partition coefficient (Wildman–Crippen LogP) is -0.296. The van der Waals surface area contributed by atoms with Crippen LogP contribution in [0.5, 0.6) is 0 Å². The number of halogens is 3. The maximum Gasteiger partial charge on any atom is 1.00 e. The van der Waals surface area contributed by atoms with Crippen LogP contribution in [0.3, 0.4) is 0 Å². The molecule has 1 aliphatic heterocycles. The molecular weight excluding hydrogens is 344 g/mol. The number of alkyl halides is 3. The molecule has 0 aliphatic carbocycles. The summed E-state index contributed by atoms with van der Waals surface area (Å²) in [6.45, 7) is 0. The molecule has 8 heteroatoms. The molecule has 122 valence electrons. The number of carbonyl (C=O) groups excluding carboxylic acids is 1. The molecular formula is C17H10F3N2NaO2. The molecule has 0 aromatic heterocycles. The fourth-order valence-electron chi connectivity index (χ4n) is 2.32. The van der Waals surface area contributed by atoms with E-state index in [1.165, 1.54) is 12.1 Å². The summed E-state index contributed by atoms with van der Waals surface area (Å²) in [7, 11) is 0. The second-order valence-corrected chi connectivity index (χ2v) is 5.01. The van der Waals surface area contributed by atoms with Gasteiger partial charge < -0.3 is 5.11 Å². The first-order valence-electron chi connectivity index (χ1n) is 6.90. The van der Waals surface area contributed by atoms with Gasteiger partial charge in [-0.1, -0.05) is 36.4 Å². The van der Waals surface area contributed by atoms with Crippen molar-refractivity contribution in [1.29, 1.82) is 0 Å². The normalized spacial score (nSPS) is 16.0. The third kappa shape index (κ3) is 3.78. The second kappa shape index (κ2) is 7.43. The first-order valence-corrected chi connectivity index (χ1v) is 6.90. The number of hydrazone groups is 1. The molecule has 0 spiro atoms. The van der Waals surface area contributed by atoms with Gasteiger partial charge >= 0.3 is 35.7 Å². The van der Waals surface area contributed by atoms with Crippen molar-refractivity contribution in [2.24, 2.45) is 5.10 Å². The van der Waals surface area contributed by atoms with Crippen LogP contribution >= 0.6 is 0 Å². The zero-order valence-corrected chi connectivity index (χ0v) is 15.1. The molecule has 1 aliphatic rings. The molecule has 0 saturated heterocycles. The van der Waals surface area contributed by atoms with E-state index in [0.717, 1.165) is 17.1 Å². The summed E-state index contributed by atoms with van der Waals surface area (Å²) in [6, 6.07) is 12.7. The van der Waals surface area contributed by atoms with Crippen LogP contribution in [0.15, 0.2) is 71.5 Å². The Labute approximate surface area is 163 Å². The fraction of sp³-hybridized carbons (Fsp3) is 0.0588. The van der Waals surface area contributed by atoms with Crippen molar-refractivity contribution in [2.75, 3.05) is 5.01 Å². The molecule has 2 aromatic rings.